The standard InChI is InChI=1S/C45H54O8Si/c1-45(2,3)54(40-13-9-7-10-14-40,41-15-11-8-12-16-41)53-33-43(51-30-35-19-25-38(48-5)26-20-35)44(52-31-36-21-27-39(49-6)28-22-36)42(46)32-50-29-34-17-23-37(47-4)24-18-34/h7-28,42-44,46H,29-33H2,1-6H3/t42-,43+,44+/m0/s1. The van der Waals surface area contributed by atoms with Gasteiger partial charge >= 0.3 is 0 Å². The van der Waals surface area contributed by atoms with Crippen LogP contribution < -0.4 is 24.6 Å². The Kier molecular flexibility index (Phi) is 14.9. The van der Waals surface area contributed by atoms with Crippen LogP contribution in [0.15, 0.2) is 133 Å². The van der Waals surface area contributed by atoms with Crippen LogP contribution in [-0.4, -0.2) is 66.3 Å². The second-order valence-electron chi connectivity index (χ2n) is 14.2. The zero-order valence-electron chi connectivity index (χ0n) is 32.3. The van der Waals surface area contributed by atoms with Gasteiger partial charge in [0.1, 0.15) is 35.6 Å². The largest absolute Gasteiger partial charge is 0.497 e. The molecule has 54 heavy (non-hydrogen) atoms. The predicted octanol–water partition coefficient (Wildman–Crippen LogP) is 7.34. The van der Waals surface area contributed by atoms with Crippen LogP contribution in [0.5, 0.6) is 17.2 Å². The highest BCUT2D eigenvalue weighted by Gasteiger charge is 2.51. The lowest BCUT2D eigenvalue weighted by atomic mass is 10.1. The molecule has 286 valence electrons. The number of hydrogen-bond acceptors (Lipinski definition) is 8. The molecule has 0 radical (unpaired) electrons. The normalized spacial score (nSPS) is 13.5. The molecule has 5 aromatic rings. The number of aliphatic hydroxyl groups is 1. The minimum atomic E-state index is -2.98. The van der Waals surface area contributed by atoms with E-state index in [2.05, 4.69) is 69.3 Å². The quantitative estimate of drug-likeness (QED) is 0.0829. The van der Waals surface area contributed by atoms with E-state index in [0.29, 0.717) is 6.61 Å². The van der Waals surface area contributed by atoms with E-state index in [1.165, 1.54) is 0 Å². The fraction of sp³-hybridized carbons (Fsp3) is 0.333. The summed E-state index contributed by atoms with van der Waals surface area (Å²) in [6.45, 7) is 7.70. The molecule has 0 aliphatic heterocycles. The maximum atomic E-state index is 12.0. The topological polar surface area (TPSA) is 84.8 Å². The number of hydrogen-bond donors (Lipinski definition) is 1. The van der Waals surface area contributed by atoms with E-state index in [-0.39, 0.29) is 31.5 Å². The number of rotatable bonds is 20. The van der Waals surface area contributed by atoms with Crippen molar-refractivity contribution in [3.05, 3.63) is 150 Å². The van der Waals surface area contributed by atoms with Gasteiger partial charge in [-0.2, -0.15) is 0 Å². The first-order valence-electron chi connectivity index (χ1n) is 18.3. The van der Waals surface area contributed by atoms with E-state index in [0.717, 1.165) is 44.3 Å². The molecule has 0 unspecified atom stereocenters. The van der Waals surface area contributed by atoms with Crippen molar-refractivity contribution < 1.29 is 38.0 Å². The Balaban J connectivity index is 1.48. The Morgan fingerprint density at radius 2 is 0.926 bits per heavy atom. The average Bonchev–Trinajstić information content (AvgIpc) is 3.20. The molecule has 0 saturated carbocycles. The lowest BCUT2D eigenvalue weighted by Crippen LogP contribution is -2.67. The summed E-state index contributed by atoms with van der Waals surface area (Å²) in [5, 5.41) is 14.0. The summed E-state index contributed by atoms with van der Waals surface area (Å²) in [4.78, 5) is 0. The zero-order valence-corrected chi connectivity index (χ0v) is 33.3. The molecule has 0 saturated heterocycles. The molecule has 0 fully saturated rings. The Labute approximate surface area is 321 Å². The molecule has 3 atom stereocenters. The fourth-order valence-corrected chi connectivity index (χ4v) is 11.2. The second-order valence-corrected chi connectivity index (χ2v) is 18.5. The van der Waals surface area contributed by atoms with Gasteiger partial charge in [0.15, 0.2) is 0 Å². The zero-order chi connectivity index (χ0) is 38.4. The first-order chi connectivity index (χ1) is 26.2. The molecular weight excluding hydrogens is 697 g/mol. The van der Waals surface area contributed by atoms with Crippen LogP contribution in [0.1, 0.15) is 37.5 Å². The molecule has 0 heterocycles. The lowest BCUT2D eigenvalue weighted by molar-refractivity contribution is -0.156. The third-order valence-corrected chi connectivity index (χ3v) is 14.6. The van der Waals surface area contributed by atoms with Crippen LogP contribution in [0.25, 0.3) is 0 Å². The molecular formula is C45H54O8Si. The Hall–Kier alpha value is -4.48. The molecule has 8 nitrogen and oxygen atoms in total. The van der Waals surface area contributed by atoms with Gasteiger partial charge in [0.25, 0.3) is 8.32 Å². The van der Waals surface area contributed by atoms with Crippen LogP contribution in [-0.2, 0) is 38.5 Å². The molecule has 5 aromatic carbocycles. The van der Waals surface area contributed by atoms with Gasteiger partial charge in [-0.25, -0.2) is 0 Å². The third kappa shape index (κ3) is 10.6. The van der Waals surface area contributed by atoms with Gasteiger partial charge in [-0.15, -0.1) is 0 Å². The van der Waals surface area contributed by atoms with Gasteiger partial charge in [0, 0.05) is 0 Å². The van der Waals surface area contributed by atoms with E-state index < -0.39 is 26.6 Å². The molecule has 0 amide bonds. The van der Waals surface area contributed by atoms with Crippen LogP contribution in [0.3, 0.4) is 0 Å². The lowest BCUT2D eigenvalue weighted by Gasteiger charge is -2.44. The Morgan fingerprint density at radius 3 is 1.33 bits per heavy atom. The van der Waals surface area contributed by atoms with Crippen molar-refractivity contribution in [2.45, 2.75) is 63.9 Å². The molecule has 0 aromatic heterocycles. The summed E-state index contributed by atoms with van der Waals surface area (Å²) in [7, 11) is 1.94. The third-order valence-electron chi connectivity index (χ3n) is 9.57. The Bertz CT molecular complexity index is 1750. The van der Waals surface area contributed by atoms with Crippen LogP contribution in [0, 0.1) is 0 Å². The summed E-state index contributed by atoms with van der Waals surface area (Å²) in [6, 6.07) is 44.1. The van der Waals surface area contributed by atoms with E-state index in [1.807, 2.05) is 84.9 Å². The summed E-state index contributed by atoms with van der Waals surface area (Å²) in [5.41, 5.74) is 2.83. The average molecular weight is 751 g/mol. The number of benzene rings is 5. The molecule has 9 heteroatoms. The van der Waals surface area contributed by atoms with Gasteiger partial charge in [-0.05, 0) is 68.5 Å². The van der Waals surface area contributed by atoms with E-state index >= 15 is 0 Å². The van der Waals surface area contributed by atoms with Crippen LogP contribution in [0.4, 0.5) is 0 Å². The van der Waals surface area contributed by atoms with Crippen molar-refractivity contribution in [2.75, 3.05) is 34.5 Å². The highest BCUT2D eigenvalue weighted by Crippen LogP contribution is 2.37. The molecule has 0 bridgehead atoms. The number of ether oxygens (including phenoxy) is 6. The van der Waals surface area contributed by atoms with Gasteiger partial charge in [0.05, 0.1) is 54.4 Å². The summed E-state index contributed by atoms with van der Waals surface area (Å²) < 4.78 is 43.0. The second kappa shape index (κ2) is 19.7. The predicted molar refractivity (Wildman–Crippen MR) is 215 cm³/mol. The van der Waals surface area contributed by atoms with Crippen molar-refractivity contribution in [1.29, 1.82) is 0 Å². The number of methoxy groups -OCH3 is 3. The van der Waals surface area contributed by atoms with Crippen molar-refractivity contribution in [3.63, 3.8) is 0 Å². The summed E-state index contributed by atoms with van der Waals surface area (Å²) >= 11 is 0. The first-order valence-corrected chi connectivity index (χ1v) is 20.2. The minimum absolute atomic E-state index is 0.0148. The molecule has 1 N–H and O–H groups in total. The van der Waals surface area contributed by atoms with Crippen molar-refractivity contribution in [1.82, 2.24) is 0 Å². The maximum Gasteiger partial charge on any atom is 0.261 e. The van der Waals surface area contributed by atoms with Crippen LogP contribution >= 0.6 is 0 Å². The van der Waals surface area contributed by atoms with Gasteiger partial charge in [-0.3, -0.25) is 0 Å². The summed E-state index contributed by atoms with van der Waals surface area (Å²) in [6.07, 6.45) is -2.56. The van der Waals surface area contributed by atoms with Crippen molar-refractivity contribution in [2.24, 2.45) is 0 Å². The number of aliphatic hydroxyl groups excluding tert-OH is 1. The van der Waals surface area contributed by atoms with E-state index in [4.69, 9.17) is 32.8 Å². The molecule has 0 aliphatic carbocycles. The molecule has 0 aliphatic rings. The van der Waals surface area contributed by atoms with E-state index in [9.17, 15) is 5.11 Å². The Morgan fingerprint density at radius 1 is 0.519 bits per heavy atom. The van der Waals surface area contributed by atoms with Gasteiger partial charge in [0.2, 0.25) is 0 Å². The fourth-order valence-electron chi connectivity index (χ4n) is 6.63. The summed E-state index contributed by atoms with van der Waals surface area (Å²) in [5.74, 6) is 2.28. The molecule has 5 rings (SSSR count). The maximum absolute atomic E-state index is 12.0. The van der Waals surface area contributed by atoms with Gasteiger partial charge < -0.3 is 38.0 Å². The molecule has 0 spiro atoms. The highest BCUT2D eigenvalue weighted by molar-refractivity contribution is 6.99. The SMILES string of the molecule is COc1ccc(COC[C@H](O)[C@@H](OCc2ccc(OC)cc2)[C@@H](CO[Si](c2ccccc2)(c2ccccc2)C(C)(C)C)OCc2ccc(OC)cc2)cc1. The highest BCUT2D eigenvalue weighted by atomic mass is 28.4. The van der Waals surface area contributed by atoms with Crippen molar-refractivity contribution in [3.8, 4) is 17.2 Å². The van der Waals surface area contributed by atoms with Crippen LogP contribution in [0.2, 0.25) is 5.04 Å². The van der Waals surface area contributed by atoms with Crippen molar-refractivity contribution >= 4 is 18.7 Å². The minimum Gasteiger partial charge on any atom is -0.497 e. The smallest absolute Gasteiger partial charge is 0.261 e. The first kappa shape index (κ1) is 40.7. The monoisotopic (exact) mass is 750 g/mol. The van der Waals surface area contributed by atoms with E-state index in [1.54, 1.807) is 21.3 Å². The van der Waals surface area contributed by atoms with Gasteiger partial charge in [-0.1, -0.05) is 118 Å².